The Morgan fingerprint density at radius 1 is 1.29 bits per heavy atom. The minimum absolute atomic E-state index is 0.521. The number of hydrogen-bond donors (Lipinski definition) is 2. The van der Waals surface area contributed by atoms with Gasteiger partial charge in [0.05, 0.1) is 6.54 Å². The first-order chi connectivity index (χ1) is 11.6. The first-order valence-electron chi connectivity index (χ1n) is 7.44. The van der Waals surface area contributed by atoms with Crippen molar-refractivity contribution in [3.8, 4) is 5.75 Å². The molecule has 0 unspecified atom stereocenters. The lowest BCUT2D eigenvalue weighted by Gasteiger charge is -2.14. The minimum Gasteiger partial charge on any atom is -0.489 e. The molecular weight excluding hydrogens is 388 g/mol. The number of ether oxygens (including phenoxy) is 1. The zero-order valence-corrected chi connectivity index (χ0v) is 15.5. The van der Waals surface area contributed by atoms with Crippen LogP contribution in [0.2, 0.25) is 0 Å². The molecule has 0 spiro atoms. The number of H-pyrrole nitrogens is 1. The molecular formula is C17H17BrN4OS. The molecule has 1 aromatic heterocycles. The van der Waals surface area contributed by atoms with Crippen LogP contribution in [-0.2, 0) is 13.2 Å². The Hall–Kier alpha value is -2.12. The van der Waals surface area contributed by atoms with E-state index in [9.17, 15) is 0 Å². The van der Waals surface area contributed by atoms with Gasteiger partial charge in [-0.15, -0.1) is 0 Å². The van der Waals surface area contributed by atoms with Crippen LogP contribution in [0.5, 0.6) is 5.75 Å². The van der Waals surface area contributed by atoms with Gasteiger partial charge in [-0.3, -0.25) is 5.10 Å². The highest BCUT2D eigenvalue weighted by Gasteiger charge is 2.06. The Balaban J connectivity index is 1.73. The first kappa shape index (κ1) is 16.7. The number of rotatable bonds is 6. The molecule has 0 aliphatic heterocycles. The second-order valence-electron chi connectivity index (χ2n) is 5.40. The fourth-order valence-electron chi connectivity index (χ4n) is 2.32. The van der Waals surface area contributed by atoms with E-state index in [0.717, 1.165) is 21.3 Å². The van der Waals surface area contributed by atoms with Crippen LogP contribution in [-0.4, -0.2) is 14.9 Å². The summed E-state index contributed by atoms with van der Waals surface area (Å²) in [6, 6.07) is 14.3. The zero-order valence-electron chi connectivity index (χ0n) is 13.1. The van der Waals surface area contributed by atoms with Crippen molar-refractivity contribution >= 4 is 28.1 Å². The number of aromatic nitrogens is 3. The van der Waals surface area contributed by atoms with Gasteiger partial charge in [-0.05, 0) is 42.9 Å². The number of aryl methyl sites for hydroxylation is 1. The lowest BCUT2D eigenvalue weighted by Crippen LogP contribution is -2.14. The molecule has 24 heavy (non-hydrogen) atoms. The molecule has 0 saturated carbocycles. The summed E-state index contributed by atoms with van der Waals surface area (Å²) in [7, 11) is 0. The monoisotopic (exact) mass is 404 g/mol. The molecule has 0 aliphatic carbocycles. The molecule has 2 N–H and O–H groups in total. The lowest BCUT2D eigenvalue weighted by atomic mass is 10.1. The molecule has 7 heteroatoms. The average molecular weight is 405 g/mol. The van der Waals surface area contributed by atoms with Crippen LogP contribution in [0.25, 0.3) is 0 Å². The summed E-state index contributed by atoms with van der Waals surface area (Å²) in [5.74, 6) is 0.835. The molecule has 5 nitrogen and oxygen atoms in total. The van der Waals surface area contributed by atoms with E-state index in [1.165, 1.54) is 5.56 Å². The fourth-order valence-corrected chi connectivity index (χ4v) is 2.89. The van der Waals surface area contributed by atoms with E-state index < -0.39 is 0 Å². The van der Waals surface area contributed by atoms with Gasteiger partial charge in [0.2, 0.25) is 4.77 Å². The van der Waals surface area contributed by atoms with Gasteiger partial charge in [-0.25, -0.2) is 4.68 Å². The third-order valence-electron chi connectivity index (χ3n) is 3.49. The van der Waals surface area contributed by atoms with Gasteiger partial charge in [0.15, 0.2) is 0 Å². The van der Waals surface area contributed by atoms with Crippen LogP contribution in [0.1, 0.15) is 16.7 Å². The van der Waals surface area contributed by atoms with Crippen molar-refractivity contribution in [3.05, 3.63) is 74.7 Å². The molecule has 0 aliphatic rings. The summed E-state index contributed by atoms with van der Waals surface area (Å²) >= 11 is 8.63. The largest absolute Gasteiger partial charge is 0.489 e. The second-order valence-corrected chi connectivity index (χ2v) is 6.70. The predicted octanol–water partition coefficient (Wildman–Crippen LogP) is 4.33. The number of hydrogen-bond acceptors (Lipinski definition) is 4. The van der Waals surface area contributed by atoms with Crippen molar-refractivity contribution in [1.82, 2.24) is 14.9 Å². The average Bonchev–Trinajstić information content (AvgIpc) is 2.97. The maximum atomic E-state index is 6.01. The summed E-state index contributed by atoms with van der Waals surface area (Å²) in [4.78, 5) is 0. The molecule has 0 bridgehead atoms. The van der Waals surface area contributed by atoms with Crippen LogP contribution in [0.4, 0.5) is 0 Å². The highest BCUT2D eigenvalue weighted by atomic mass is 79.9. The zero-order chi connectivity index (χ0) is 16.9. The molecule has 0 fully saturated rings. The van der Waals surface area contributed by atoms with Crippen LogP contribution in [0.15, 0.2) is 53.3 Å². The maximum absolute atomic E-state index is 6.01. The van der Waals surface area contributed by atoms with Crippen molar-refractivity contribution < 1.29 is 4.74 Å². The number of nitrogens with one attached hydrogen (secondary N) is 2. The molecule has 0 atom stereocenters. The number of aromatic amines is 1. The topological polar surface area (TPSA) is 54.9 Å². The Labute approximate surface area is 153 Å². The van der Waals surface area contributed by atoms with Crippen LogP contribution in [0.3, 0.4) is 0 Å². The molecule has 0 radical (unpaired) electrons. The van der Waals surface area contributed by atoms with Gasteiger partial charge >= 0.3 is 0 Å². The van der Waals surface area contributed by atoms with Gasteiger partial charge in [0.1, 0.15) is 18.7 Å². The number of benzene rings is 2. The summed E-state index contributed by atoms with van der Waals surface area (Å²) < 4.78 is 9.20. The van der Waals surface area contributed by atoms with E-state index in [2.05, 4.69) is 56.7 Å². The van der Waals surface area contributed by atoms with Gasteiger partial charge < -0.3 is 10.2 Å². The van der Waals surface area contributed by atoms with Gasteiger partial charge in [0, 0.05) is 10.0 Å². The van der Waals surface area contributed by atoms with Gasteiger partial charge in [-0.2, -0.15) is 5.10 Å². The fraction of sp³-hybridized carbons (Fsp3) is 0.176. The Bertz CT molecular complexity index is 890. The molecule has 0 saturated heterocycles. The van der Waals surface area contributed by atoms with Crippen LogP contribution < -0.4 is 10.2 Å². The second kappa shape index (κ2) is 7.63. The normalized spacial score (nSPS) is 10.6. The van der Waals surface area contributed by atoms with E-state index in [4.69, 9.17) is 17.0 Å². The Morgan fingerprint density at radius 3 is 2.92 bits per heavy atom. The molecule has 3 rings (SSSR count). The molecule has 1 heterocycles. The van der Waals surface area contributed by atoms with Crippen LogP contribution in [0, 0.1) is 11.7 Å². The molecule has 124 valence electrons. The quantitative estimate of drug-likeness (QED) is 0.600. The van der Waals surface area contributed by atoms with E-state index in [-0.39, 0.29) is 0 Å². The van der Waals surface area contributed by atoms with Crippen molar-refractivity contribution in [2.75, 3.05) is 5.43 Å². The Morgan fingerprint density at radius 2 is 2.17 bits per heavy atom. The minimum atomic E-state index is 0.521. The molecule has 3 aromatic rings. The first-order valence-corrected chi connectivity index (χ1v) is 8.64. The third kappa shape index (κ3) is 4.24. The van der Waals surface area contributed by atoms with Gasteiger partial charge in [0.25, 0.3) is 0 Å². The number of halogens is 1. The maximum Gasteiger partial charge on any atom is 0.214 e. The van der Waals surface area contributed by atoms with E-state index in [0.29, 0.717) is 17.9 Å². The highest BCUT2D eigenvalue weighted by molar-refractivity contribution is 9.10. The Kier molecular flexibility index (Phi) is 5.32. The SMILES string of the molecule is Cc1cccc(COc2ccc(Br)cc2CNn2cn[nH]c2=S)c1. The standard InChI is InChI=1S/C17H17BrN4OS/c1-12-3-2-4-13(7-12)10-23-16-6-5-15(18)8-14(16)9-20-22-11-19-21-17(22)24/h2-8,11,20H,9-10H2,1H3,(H,21,24). The predicted molar refractivity (Wildman–Crippen MR) is 100 cm³/mol. The molecule has 0 amide bonds. The van der Waals surface area contributed by atoms with E-state index >= 15 is 0 Å². The summed E-state index contributed by atoms with van der Waals surface area (Å²) in [6.45, 7) is 3.17. The summed E-state index contributed by atoms with van der Waals surface area (Å²) in [5.41, 5.74) is 6.60. The summed E-state index contributed by atoms with van der Waals surface area (Å²) in [6.07, 6.45) is 1.60. The third-order valence-corrected chi connectivity index (χ3v) is 4.27. The van der Waals surface area contributed by atoms with E-state index in [1.807, 2.05) is 24.3 Å². The van der Waals surface area contributed by atoms with Gasteiger partial charge in [-0.1, -0.05) is 45.8 Å². The van der Waals surface area contributed by atoms with Crippen molar-refractivity contribution in [1.29, 1.82) is 0 Å². The lowest BCUT2D eigenvalue weighted by molar-refractivity contribution is 0.303. The molecule has 2 aromatic carbocycles. The van der Waals surface area contributed by atoms with Crippen LogP contribution >= 0.6 is 28.1 Å². The van der Waals surface area contributed by atoms with Crippen molar-refractivity contribution in [2.45, 2.75) is 20.1 Å². The highest BCUT2D eigenvalue weighted by Crippen LogP contribution is 2.24. The van der Waals surface area contributed by atoms with Crippen molar-refractivity contribution in [3.63, 3.8) is 0 Å². The summed E-state index contributed by atoms with van der Waals surface area (Å²) in [5, 5.41) is 6.60. The number of nitrogens with zero attached hydrogens (tertiary/aromatic N) is 2. The van der Waals surface area contributed by atoms with E-state index in [1.54, 1.807) is 11.0 Å². The smallest absolute Gasteiger partial charge is 0.214 e. The van der Waals surface area contributed by atoms with Crippen molar-refractivity contribution in [2.24, 2.45) is 0 Å².